The molecule has 1 aromatic carbocycles. The van der Waals surface area contributed by atoms with Gasteiger partial charge in [-0.1, -0.05) is 30.3 Å². The van der Waals surface area contributed by atoms with Gasteiger partial charge in [0.1, 0.15) is 6.04 Å². The summed E-state index contributed by atoms with van der Waals surface area (Å²) in [6.07, 6.45) is 2.70. The zero-order chi connectivity index (χ0) is 14.4. The van der Waals surface area contributed by atoms with Gasteiger partial charge < -0.3 is 15.7 Å². The zero-order valence-corrected chi connectivity index (χ0v) is 11.3. The van der Waals surface area contributed by atoms with Crippen LogP contribution in [0.4, 0.5) is 0 Å². The van der Waals surface area contributed by atoms with E-state index in [1.54, 1.807) is 0 Å². The highest BCUT2D eigenvalue weighted by Gasteiger charge is 2.23. The number of rotatable bonds is 6. The highest BCUT2D eigenvalue weighted by Crippen LogP contribution is 2.09. The second kappa shape index (κ2) is 7.05. The summed E-state index contributed by atoms with van der Waals surface area (Å²) in [6, 6.07) is 8.63. The molecule has 1 aliphatic rings. The summed E-state index contributed by atoms with van der Waals surface area (Å²) in [4.78, 5) is 23.1. The molecule has 0 aliphatic carbocycles. The molecule has 5 heteroatoms. The second-order valence-electron chi connectivity index (χ2n) is 5.15. The molecule has 1 unspecified atom stereocenters. The van der Waals surface area contributed by atoms with Crippen LogP contribution in [0.15, 0.2) is 30.3 Å². The number of aliphatic carboxylic acids is 1. The number of carbonyl (C=O) groups is 2. The van der Waals surface area contributed by atoms with Crippen molar-refractivity contribution in [1.29, 1.82) is 0 Å². The molecule has 108 valence electrons. The topological polar surface area (TPSA) is 78.4 Å². The molecule has 1 amide bonds. The average Bonchev–Trinajstić information content (AvgIpc) is 2.92. The van der Waals surface area contributed by atoms with Gasteiger partial charge in [0.2, 0.25) is 5.91 Å². The molecule has 2 rings (SSSR count). The van der Waals surface area contributed by atoms with Gasteiger partial charge in [0, 0.05) is 18.9 Å². The summed E-state index contributed by atoms with van der Waals surface area (Å²) >= 11 is 0. The number of benzene rings is 1. The Bertz CT molecular complexity index is 455. The third-order valence-corrected chi connectivity index (χ3v) is 3.51. The van der Waals surface area contributed by atoms with Crippen molar-refractivity contribution in [3.05, 3.63) is 35.9 Å². The smallest absolute Gasteiger partial charge is 0.326 e. The Morgan fingerprint density at radius 2 is 2.10 bits per heavy atom. The van der Waals surface area contributed by atoms with Crippen molar-refractivity contribution in [1.82, 2.24) is 10.6 Å². The van der Waals surface area contributed by atoms with Crippen molar-refractivity contribution in [2.75, 3.05) is 6.54 Å². The van der Waals surface area contributed by atoms with Gasteiger partial charge in [0.05, 0.1) is 0 Å². The molecule has 3 N–H and O–H groups in total. The second-order valence-corrected chi connectivity index (χ2v) is 5.15. The first-order chi connectivity index (χ1) is 9.65. The lowest BCUT2D eigenvalue weighted by atomic mass is 10.1. The predicted octanol–water partition coefficient (Wildman–Crippen LogP) is 0.941. The fourth-order valence-electron chi connectivity index (χ4n) is 2.46. The molecular weight excluding hydrogens is 256 g/mol. The van der Waals surface area contributed by atoms with Gasteiger partial charge >= 0.3 is 5.97 Å². The van der Waals surface area contributed by atoms with E-state index in [1.165, 1.54) is 0 Å². The lowest BCUT2D eigenvalue weighted by molar-refractivity contribution is -0.141. The van der Waals surface area contributed by atoms with Crippen LogP contribution in [0.1, 0.15) is 24.8 Å². The molecule has 0 spiro atoms. The maximum Gasteiger partial charge on any atom is 0.326 e. The minimum atomic E-state index is -0.999. The van der Waals surface area contributed by atoms with Gasteiger partial charge in [-0.2, -0.15) is 0 Å². The Morgan fingerprint density at radius 1 is 1.35 bits per heavy atom. The van der Waals surface area contributed by atoms with E-state index in [-0.39, 0.29) is 11.9 Å². The number of carboxylic acid groups (broad SMARTS) is 1. The highest BCUT2D eigenvalue weighted by atomic mass is 16.4. The van der Waals surface area contributed by atoms with Gasteiger partial charge in [-0.3, -0.25) is 4.79 Å². The highest BCUT2D eigenvalue weighted by molar-refractivity contribution is 5.84. The van der Waals surface area contributed by atoms with E-state index in [2.05, 4.69) is 10.6 Å². The number of amides is 1. The Kier molecular flexibility index (Phi) is 5.12. The Morgan fingerprint density at radius 3 is 2.70 bits per heavy atom. The first-order valence-electron chi connectivity index (χ1n) is 6.94. The molecule has 0 bridgehead atoms. The number of carbonyl (C=O) groups excluding carboxylic acids is 1. The van der Waals surface area contributed by atoms with E-state index in [4.69, 9.17) is 0 Å². The minimum absolute atomic E-state index is 0.182. The van der Waals surface area contributed by atoms with Crippen LogP contribution in [0.5, 0.6) is 0 Å². The quantitative estimate of drug-likeness (QED) is 0.722. The van der Waals surface area contributed by atoms with Crippen molar-refractivity contribution in [2.24, 2.45) is 0 Å². The van der Waals surface area contributed by atoms with E-state index in [0.717, 1.165) is 24.9 Å². The third-order valence-electron chi connectivity index (χ3n) is 3.51. The molecular formula is C15H20N2O3. The maximum atomic E-state index is 11.9. The van der Waals surface area contributed by atoms with Crippen molar-refractivity contribution in [3.8, 4) is 0 Å². The molecule has 1 fully saturated rings. The van der Waals surface area contributed by atoms with Crippen LogP contribution in [0.2, 0.25) is 0 Å². The average molecular weight is 276 g/mol. The molecule has 1 heterocycles. The molecule has 2 atom stereocenters. The first-order valence-corrected chi connectivity index (χ1v) is 6.94. The predicted molar refractivity (Wildman–Crippen MR) is 75.4 cm³/mol. The van der Waals surface area contributed by atoms with Crippen LogP contribution in [0, 0.1) is 0 Å². The van der Waals surface area contributed by atoms with Crippen LogP contribution in [-0.2, 0) is 16.0 Å². The summed E-state index contributed by atoms with van der Waals surface area (Å²) < 4.78 is 0. The number of nitrogens with one attached hydrogen (secondary N) is 2. The summed E-state index contributed by atoms with van der Waals surface area (Å²) in [5.41, 5.74) is 0.902. The van der Waals surface area contributed by atoms with Gasteiger partial charge in [0.25, 0.3) is 0 Å². The Labute approximate surface area is 118 Å². The Hall–Kier alpha value is -1.88. The van der Waals surface area contributed by atoms with Crippen LogP contribution in [-0.4, -0.2) is 35.6 Å². The monoisotopic (exact) mass is 276 g/mol. The molecule has 0 aromatic heterocycles. The van der Waals surface area contributed by atoms with Crippen molar-refractivity contribution >= 4 is 11.9 Å². The lowest BCUT2D eigenvalue weighted by Crippen LogP contribution is -2.44. The maximum absolute atomic E-state index is 11.9. The fourth-order valence-corrected chi connectivity index (χ4v) is 2.46. The van der Waals surface area contributed by atoms with Crippen molar-refractivity contribution in [3.63, 3.8) is 0 Å². The molecule has 0 saturated carbocycles. The number of hydrogen-bond acceptors (Lipinski definition) is 3. The van der Waals surface area contributed by atoms with Crippen LogP contribution in [0.3, 0.4) is 0 Å². The third kappa shape index (κ3) is 4.35. The van der Waals surface area contributed by atoms with Gasteiger partial charge in [-0.05, 0) is 24.9 Å². The number of carboxylic acids is 1. The van der Waals surface area contributed by atoms with E-state index in [0.29, 0.717) is 12.8 Å². The van der Waals surface area contributed by atoms with E-state index in [1.807, 2.05) is 30.3 Å². The summed E-state index contributed by atoms with van der Waals surface area (Å²) in [7, 11) is 0. The standard InChI is InChI=1S/C15H20N2O3/c18-14(10-12-7-4-8-16-12)17-13(15(19)20)9-11-5-2-1-3-6-11/h1-3,5-6,12-13,16H,4,7-10H2,(H,17,18)(H,19,20)/t12?,13-/m0/s1. The van der Waals surface area contributed by atoms with Gasteiger partial charge in [-0.15, -0.1) is 0 Å². The normalized spacial score (nSPS) is 19.5. The van der Waals surface area contributed by atoms with Gasteiger partial charge in [-0.25, -0.2) is 4.79 Å². The van der Waals surface area contributed by atoms with E-state index >= 15 is 0 Å². The molecule has 5 nitrogen and oxygen atoms in total. The van der Waals surface area contributed by atoms with Gasteiger partial charge in [0.15, 0.2) is 0 Å². The van der Waals surface area contributed by atoms with Crippen LogP contribution in [0.25, 0.3) is 0 Å². The van der Waals surface area contributed by atoms with Crippen molar-refractivity contribution < 1.29 is 14.7 Å². The summed E-state index contributed by atoms with van der Waals surface area (Å²) in [6.45, 7) is 0.935. The first kappa shape index (κ1) is 14.5. The number of hydrogen-bond donors (Lipinski definition) is 3. The molecule has 1 saturated heterocycles. The van der Waals surface area contributed by atoms with E-state index < -0.39 is 12.0 Å². The van der Waals surface area contributed by atoms with E-state index in [9.17, 15) is 14.7 Å². The largest absolute Gasteiger partial charge is 0.480 e. The molecule has 20 heavy (non-hydrogen) atoms. The van der Waals surface area contributed by atoms with Crippen molar-refractivity contribution in [2.45, 2.75) is 37.8 Å². The zero-order valence-electron chi connectivity index (χ0n) is 11.3. The lowest BCUT2D eigenvalue weighted by Gasteiger charge is -2.16. The van der Waals surface area contributed by atoms with Crippen LogP contribution >= 0.6 is 0 Å². The minimum Gasteiger partial charge on any atom is -0.480 e. The van der Waals surface area contributed by atoms with Crippen LogP contribution < -0.4 is 10.6 Å². The molecule has 0 radical (unpaired) electrons. The molecule has 1 aromatic rings. The summed E-state index contributed by atoms with van der Waals surface area (Å²) in [5, 5.41) is 15.1. The summed E-state index contributed by atoms with van der Waals surface area (Å²) in [5.74, 6) is -1.20. The fraction of sp³-hybridized carbons (Fsp3) is 0.467. The molecule has 1 aliphatic heterocycles. The SMILES string of the molecule is O=C(CC1CCCN1)N[C@@H](Cc1ccccc1)C(=O)O. The Balaban J connectivity index is 1.88.